The molecule has 0 fully saturated rings. The topological polar surface area (TPSA) is 77.6 Å². The molecule has 12 aromatic rings. The lowest BCUT2D eigenvalue weighted by molar-refractivity contribution is 0.667. The van der Waals surface area contributed by atoms with Crippen LogP contribution in [0.4, 0.5) is 0 Å². The van der Waals surface area contributed by atoms with Crippen LogP contribution < -0.4 is 0 Å². The molecule has 8 heteroatoms. The van der Waals surface area contributed by atoms with E-state index in [4.69, 9.17) is 29.3 Å². The fourth-order valence-corrected chi connectivity index (χ4v) is 10.2. The predicted molar refractivity (Wildman–Crippen MR) is 236 cm³/mol. The number of hydrogen-bond donors (Lipinski definition) is 0. The Morgan fingerprint density at radius 2 is 1.02 bits per heavy atom. The lowest BCUT2D eigenvalue weighted by Crippen LogP contribution is -2.00. The van der Waals surface area contributed by atoms with Crippen LogP contribution in [0.5, 0.6) is 0 Å². The highest BCUT2D eigenvalue weighted by Crippen LogP contribution is 2.43. The van der Waals surface area contributed by atoms with Gasteiger partial charge >= 0.3 is 0 Å². The van der Waals surface area contributed by atoms with E-state index in [0.29, 0.717) is 28.9 Å². The molecule has 5 aromatic heterocycles. The molecule has 0 saturated carbocycles. The SMILES string of the molecule is c1ccc(-c2nc(-c3ccc4sc5c(-c6nc(-c7ccccc7)c7oc8ccccc8c7n6)cccc5c4c3)nc(-c3cccc4sc5ccccc5c34)n2)cc1. The molecule has 0 atom stereocenters. The van der Waals surface area contributed by atoms with Gasteiger partial charge in [-0.05, 0) is 48.5 Å². The fraction of sp³-hybridized carbons (Fsp3) is 0. The van der Waals surface area contributed by atoms with E-state index in [0.717, 1.165) is 70.2 Å². The van der Waals surface area contributed by atoms with Crippen LogP contribution in [-0.4, -0.2) is 24.9 Å². The van der Waals surface area contributed by atoms with Crippen molar-refractivity contribution in [2.45, 2.75) is 0 Å². The lowest BCUT2D eigenvalue weighted by atomic mass is 10.0. The van der Waals surface area contributed by atoms with Crippen LogP contribution in [0.3, 0.4) is 0 Å². The third-order valence-corrected chi connectivity index (χ3v) is 12.9. The summed E-state index contributed by atoms with van der Waals surface area (Å²) in [6, 6.07) is 56.3. The standard InChI is InChI=1S/C49H27N5OS2/c1-3-13-28(14-4-1)42-44-43(32-17-7-9-22-37(32)55-44)51-49(50-42)35-21-11-19-31-36-27-30(25-26-39(36)57-45(31)35)47-52-46(29-15-5-2-6-16-29)53-48(54-47)34-20-12-24-40-41(34)33-18-8-10-23-38(33)56-40/h1-27H. The second-order valence-corrected chi connectivity index (χ2v) is 16.1. The van der Waals surface area contributed by atoms with Gasteiger partial charge in [-0.1, -0.05) is 115 Å². The third-order valence-electron chi connectivity index (χ3n) is 10.6. The number of hydrogen-bond acceptors (Lipinski definition) is 8. The molecule has 0 bridgehead atoms. The summed E-state index contributed by atoms with van der Waals surface area (Å²) in [7, 11) is 0. The van der Waals surface area contributed by atoms with E-state index < -0.39 is 0 Å². The molecule has 12 rings (SSSR count). The monoisotopic (exact) mass is 765 g/mol. The Morgan fingerprint density at radius 1 is 0.386 bits per heavy atom. The molecule has 266 valence electrons. The van der Waals surface area contributed by atoms with Gasteiger partial charge in [-0.3, -0.25) is 0 Å². The van der Waals surface area contributed by atoms with E-state index in [-0.39, 0.29) is 0 Å². The molecule has 0 aliphatic heterocycles. The summed E-state index contributed by atoms with van der Waals surface area (Å²) in [6.45, 7) is 0. The van der Waals surface area contributed by atoms with Crippen molar-refractivity contribution < 1.29 is 4.42 Å². The van der Waals surface area contributed by atoms with Crippen LogP contribution in [0.2, 0.25) is 0 Å². The van der Waals surface area contributed by atoms with Crippen LogP contribution in [0.25, 0.3) is 119 Å². The minimum absolute atomic E-state index is 0.626. The number of fused-ring (bicyclic) bond motifs is 9. The maximum atomic E-state index is 6.39. The number of furan rings is 1. The van der Waals surface area contributed by atoms with Crippen LogP contribution >= 0.6 is 22.7 Å². The Morgan fingerprint density at radius 3 is 1.88 bits per heavy atom. The summed E-state index contributed by atoms with van der Waals surface area (Å²) in [5.41, 5.74) is 7.88. The number of rotatable bonds is 5. The van der Waals surface area contributed by atoms with Crippen LogP contribution in [0.1, 0.15) is 0 Å². The van der Waals surface area contributed by atoms with Gasteiger partial charge < -0.3 is 4.42 Å². The van der Waals surface area contributed by atoms with E-state index in [1.54, 1.807) is 22.7 Å². The highest BCUT2D eigenvalue weighted by Gasteiger charge is 2.21. The van der Waals surface area contributed by atoms with Crippen molar-refractivity contribution >= 4 is 85.1 Å². The second kappa shape index (κ2) is 12.7. The number of benzene rings is 7. The second-order valence-electron chi connectivity index (χ2n) is 14.0. The Kier molecular flexibility index (Phi) is 7.17. The minimum atomic E-state index is 0.626. The lowest BCUT2D eigenvalue weighted by Gasteiger charge is -2.10. The van der Waals surface area contributed by atoms with Gasteiger partial charge in [-0.2, -0.15) is 0 Å². The van der Waals surface area contributed by atoms with Gasteiger partial charge in [-0.25, -0.2) is 24.9 Å². The number of thiophene rings is 2. The van der Waals surface area contributed by atoms with Crippen LogP contribution in [0, 0.1) is 0 Å². The number of para-hydroxylation sites is 1. The van der Waals surface area contributed by atoms with Gasteiger partial charge in [0, 0.05) is 73.5 Å². The molecule has 7 aromatic carbocycles. The molecule has 0 N–H and O–H groups in total. The Bertz CT molecular complexity index is 3540. The summed E-state index contributed by atoms with van der Waals surface area (Å²) in [6.07, 6.45) is 0. The van der Waals surface area contributed by atoms with Crippen molar-refractivity contribution in [3.8, 4) is 56.8 Å². The van der Waals surface area contributed by atoms with E-state index in [9.17, 15) is 0 Å². The molecule has 57 heavy (non-hydrogen) atoms. The maximum absolute atomic E-state index is 6.39. The highest BCUT2D eigenvalue weighted by molar-refractivity contribution is 7.26. The van der Waals surface area contributed by atoms with Gasteiger partial charge in [0.15, 0.2) is 28.9 Å². The summed E-state index contributed by atoms with van der Waals surface area (Å²) < 4.78 is 11.1. The normalized spacial score (nSPS) is 11.9. The fourth-order valence-electron chi connectivity index (χ4n) is 7.92. The zero-order valence-corrected chi connectivity index (χ0v) is 31.7. The quantitative estimate of drug-likeness (QED) is 0.174. The van der Waals surface area contributed by atoms with Crippen molar-refractivity contribution in [1.29, 1.82) is 0 Å². The molecule has 6 nitrogen and oxygen atoms in total. The molecule has 0 unspecified atom stereocenters. The number of aromatic nitrogens is 5. The summed E-state index contributed by atoms with van der Waals surface area (Å²) in [5.74, 6) is 2.58. The maximum Gasteiger partial charge on any atom is 0.180 e. The molecular weight excluding hydrogens is 739 g/mol. The molecular formula is C49H27N5OS2. The van der Waals surface area contributed by atoms with Gasteiger partial charge in [0.05, 0.1) is 0 Å². The van der Waals surface area contributed by atoms with Crippen molar-refractivity contribution in [3.63, 3.8) is 0 Å². The predicted octanol–water partition coefficient (Wildman–Crippen LogP) is 13.6. The minimum Gasteiger partial charge on any atom is -0.452 e. The van der Waals surface area contributed by atoms with Gasteiger partial charge in [0.25, 0.3) is 0 Å². The third kappa shape index (κ3) is 5.19. The number of nitrogens with zero attached hydrogens (tertiary/aromatic N) is 5. The largest absolute Gasteiger partial charge is 0.452 e. The average Bonchev–Trinajstić information content (AvgIpc) is 3.98. The zero-order valence-electron chi connectivity index (χ0n) is 30.0. The first-order valence-corrected chi connectivity index (χ1v) is 20.3. The average molecular weight is 766 g/mol. The van der Waals surface area contributed by atoms with Crippen molar-refractivity contribution in [2.24, 2.45) is 0 Å². The Labute approximate surface area is 333 Å². The van der Waals surface area contributed by atoms with Crippen molar-refractivity contribution in [2.75, 3.05) is 0 Å². The van der Waals surface area contributed by atoms with E-state index in [2.05, 4.69) is 109 Å². The van der Waals surface area contributed by atoms with Crippen LogP contribution in [0.15, 0.2) is 168 Å². The van der Waals surface area contributed by atoms with Crippen LogP contribution in [-0.2, 0) is 0 Å². The van der Waals surface area contributed by atoms with Crippen molar-refractivity contribution in [1.82, 2.24) is 24.9 Å². The smallest absolute Gasteiger partial charge is 0.180 e. The van der Waals surface area contributed by atoms with Crippen molar-refractivity contribution in [3.05, 3.63) is 164 Å². The molecule has 5 heterocycles. The summed E-state index contributed by atoms with van der Waals surface area (Å²) in [5, 5.41) is 5.60. The molecule has 0 aliphatic carbocycles. The first kappa shape index (κ1) is 32.1. The highest BCUT2D eigenvalue weighted by atomic mass is 32.1. The molecule has 0 saturated heterocycles. The van der Waals surface area contributed by atoms with Gasteiger partial charge in [0.2, 0.25) is 0 Å². The molecule has 0 aliphatic rings. The first-order chi connectivity index (χ1) is 28.2. The van der Waals surface area contributed by atoms with Gasteiger partial charge in [-0.15, -0.1) is 22.7 Å². The zero-order chi connectivity index (χ0) is 37.5. The molecule has 0 spiro atoms. The Balaban J connectivity index is 1.05. The summed E-state index contributed by atoms with van der Waals surface area (Å²) in [4.78, 5) is 25.8. The molecule has 0 radical (unpaired) electrons. The Hall–Kier alpha value is -7.13. The van der Waals surface area contributed by atoms with E-state index in [1.165, 1.54) is 20.2 Å². The van der Waals surface area contributed by atoms with E-state index >= 15 is 0 Å². The van der Waals surface area contributed by atoms with Gasteiger partial charge in [0.1, 0.15) is 16.8 Å². The van der Waals surface area contributed by atoms with E-state index in [1.807, 2.05) is 54.6 Å². The molecule has 0 amide bonds. The first-order valence-electron chi connectivity index (χ1n) is 18.7. The summed E-state index contributed by atoms with van der Waals surface area (Å²) >= 11 is 3.54.